The first kappa shape index (κ1) is 17.7. The number of nitrogens with one attached hydrogen (secondary N) is 2. The molecule has 0 unspecified atom stereocenters. The minimum atomic E-state index is -0.274. The number of rotatable bonds is 6. The number of nitrogens with zero attached hydrogens (tertiary/aromatic N) is 1. The van der Waals surface area contributed by atoms with Crippen LogP contribution in [0.25, 0.3) is 0 Å². The lowest BCUT2D eigenvalue weighted by molar-refractivity contribution is -0.118. The van der Waals surface area contributed by atoms with E-state index in [1.807, 2.05) is 55.5 Å². The highest BCUT2D eigenvalue weighted by atomic mass is 16.7. The van der Waals surface area contributed by atoms with Gasteiger partial charge in [-0.25, -0.2) is 4.98 Å². The summed E-state index contributed by atoms with van der Waals surface area (Å²) in [4.78, 5) is 16.3. The van der Waals surface area contributed by atoms with Gasteiger partial charge in [-0.3, -0.25) is 4.79 Å². The second-order valence-electron chi connectivity index (χ2n) is 6.28. The minimum absolute atomic E-state index is 0.0814. The summed E-state index contributed by atoms with van der Waals surface area (Å²) in [5, 5.41) is 5.94. The fourth-order valence-corrected chi connectivity index (χ4v) is 2.65. The standard InChI is InChI=1S/C21H19N3O4/c1-14-2-6-17(7-3-14)26-12-21(25)24-20-9-5-16(11-22-20)23-15-4-8-18-19(10-15)28-13-27-18/h2-11,23H,12-13H2,1H3,(H,22,24,25). The van der Waals surface area contributed by atoms with Gasteiger partial charge in [0, 0.05) is 11.8 Å². The number of benzene rings is 2. The third-order valence-corrected chi connectivity index (χ3v) is 4.08. The van der Waals surface area contributed by atoms with Gasteiger partial charge in [0.2, 0.25) is 6.79 Å². The lowest BCUT2D eigenvalue weighted by atomic mass is 10.2. The van der Waals surface area contributed by atoms with E-state index in [9.17, 15) is 4.79 Å². The molecular formula is C21H19N3O4. The van der Waals surface area contributed by atoms with E-state index in [0.717, 1.165) is 22.7 Å². The molecule has 1 amide bonds. The van der Waals surface area contributed by atoms with Crippen LogP contribution in [0.5, 0.6) is 17.2 Å². The van der Waals surface area contributed by atoms with Crippen LogP contribution in [0.2, 0.25) is 0 Å². The van der Waals surface area contributed by atoms with Gasteiger partial charge in [0.25, 0.3) is 5.91 Å². The Balaban J connectivity index is 1.30. The Morgan fingerprint density at radius 3 is 2.61 bits per heavy atom. The predicted octanol–water partition coefficient (Wildman–Crippen LogP) is 3.88. The van der Waals surface area contributed by atoms with Gasteiger partial charge in [-0.1, -0.05) is 17.7 Å². The van der Waals surface area contributed by atoms with Gasteiger partial charge in [0.05, 0.1) is 11.9 Å². The number of fused-ring (bicyclic) bond motifs is 1. The molecule has 0 fully saturated rings. The van der Waals surface area contributed by atoms with Gasteiger partial charge >= 0.3 is 0 Å². The van der Waals surface area contributed by atoms with Gasteiger partial charge in [-0.15, -0.1) is 0 Å². The van der Waals surface area contributed by atoms with Crippen LogP contribution < -0.4 is 24.8 Å². The summed E-state index contributed by atoms with van der Waals surface area (Å²) < 4.78 is 16.1. The minimum Gasteiger partial charge on any atom is -0.484 e. The Bertz CT molecular complexity index is 972. The third kappa shape index (κ3) is 4.32. The molecule has 0 bridgehead atoms. The second kappa shape index (κ2) is 7.87. The molecular weight excluding hydrogens is 358 g/mol. The molecule has 0 atom stereocenters. The van der Waals surface area contributed by atoms with Crippen LogP contribution in [-0.4, -0.2) is 24.3 Å². The van der Waals surface area contributed by atoms with Crippen molar-refractivity contribution in [2.75, 3.05) is 24.0 Å². The molecule has 4 rings (SSSR count). The van der Waals surface area contributed by atoms with Gasteiger partial charge in [0.15, 0.2) is 18.1 Å². The molecule has 2 N–H and O–H groups in total. The van der Waals surface area contributed by atoms with E-state index in [2.05, 4.69) is 15.6 Å². The number of carbonyl (C=O) groups is 1. The topological polar surface area (TPSA) is 81.7 Å². The van der Waals surface area contributed by atoms with Crippen molar-refractivity contribution in [1.82, 2.24) is 4.98 Å². The van der Waals surface area contributed by atoms with Crippen molar-refractivity contribution in [2.45, 2.75) is 6.92 Å². The first-order valence-electron chi connectivity index (χ1n) is 8.78. The Kier molecular flexibility index (Phi) is 4.97. The second-order valence-corrected chi connectivity index (χ2v) is 6.28. The van der Waals surface area contributed by atoms with E-state index >= 15 is 0 Å². The highest BCUT2D eigenvalue weighted by Gasteiger charge is 2.13. The van der Waals surface area contributed by atoms with E-state index in [0.29, 0.717) is 17.3 Å². The van der Waals surface area contributed by atoms with Crippen molar-refractivity contribution in [1.29, 1.82) is 0 Å². The summed E-state index contributed by atoms with van der Waals surface area (Å²) >= 11 is 0. The molecule has 0 saturated carbocycles. The van der Waals surface area contributed by atoms with Crippen LogP contribution in [-0.2, 0) is 4.79 Å². The average Bonchev–Trinajstić information content (AvgIpc) is 3.17. The summed E-state index contributed by atoms with van der Waals surface area (Å²) in [5.41, 5.74) is 2.78. The Morgan fingerprint density at radius 1 is 1.04 bits per heavy atom. The first-order valence-corrected chi connectivity index (χ1v) is 8.78. The summed E-state index contributed by atoms with van der Waals surface area (Å²) in [7, 11) is 0. The van der Waals surface area contributed by atoms with E-state index in [4.69, 9.17) is 14.2 Å². The monoisotopic (exact) mass is 377 g/mol. The van der Waals surface area contributed by atoms with E-state index in [-0.39, 0.29) is 19.3 Å². The first-order chi connectivity index (χ1) is 13.7. The van der Waals surface area contributed by atoms with Crippen molar-refractivity contribution in [3.63, 3.8) is 0 Å². The zero-order valence-electron chi connectivity index (χ0n) is 15.3. The molecule has 0 spiro atoms. The lowest BCUT2D eigenvalue weighted by Gasteiger charge is -2.09. The molecule has 142 valence electrons. The van der Waals surface area contributed by atoms with Crippen LogP contribution >= 0.6 is 0 Å². The van der Waals surface area contributed by atoms with Crippen LogP contribution in [0.1, 0.15) is 5.56 Å². The van der Waals surface area contributed by atoms with Gasteiger partial charge in [-0.05, 0) is 43.3 Å². The van der Waals surface area contributed by atoms with Crippen LogP contribution in [0.4, 0.5) is 17.2 Å². The SMILES string of the molecule is Cc1ccc(OCC(=O)Nc2ccc(Nc3ccc4c(c3)OCO4)cn2)cc1. The molecule has 2 heterocycles. The number of aryl methyl sites for hydroxylation is 1. The van der Waals surface area contributed by atoms with Crippen LogP contribution in [0.3, 0.4) is 0 Å². The summed E-state index contributed by atoms with van der Waals surface area (Å²) in [6.07, 6.45) is 1.64. The maximum absolute atomic E-state index is 12.0. The highest BCUT2D eigenvalue weighted by molar-refractivity contribution is 5.91. The fraction of sp³-hybridized carbons (Fsp3) is 0.143. The average molecular weight is 377 g/mol. The molecule has 7 nitrogen and oxygen atoms in total. The lowest BCUT2D eigenvalue weighted by Crippen LogP contribution is -2.20. The number of ether oxygens (including phenoxy) is 3. The maximum Gasteiger partial charge on any atom is 0.263 e. The number of anilines is 3. The summed E-state index contributed by atoms with van der Waals surface area (Å²) in [6.45, 7) is 2.15. The van der Waals surface area contributed by atoms with Crippen LogP contribution in [0, 0.1) is 6.92 Å². The van der Waals surface area contributed by atoms with E-state index in [1.54, 1.807) is 12.3 Å². The Hall–Kier alpha value is -3.74. The molecule has 7 heteroatoms. The molecule has 1 aromatic heterocycles. The van der Waals surface area contributed by atoms with Crippen LogP contribution in [0.15, 0.2) is 60.8 Å². The predicted molar refractivity (Wildman–Crippen MR) is 105 cm³/mol. The molecule has 0 radical (unpaired) electrons. The normalized spacial score (nSPS) is 11.8. The number of carbonyl (C=O) groups excluding carboxylic acids is 1. The highest BCUT2D eigenvalue weighted by Crippen LogP contribution is 2.35. The van der Waals surface area contributed by atoms with E-state index < -0.39 is 0 Å². The van der Waals surface area contributed by atoms with Gasteiger partial charge in [0.1, 0.15) is 11.6 Å². The van der Waals surface area contributed by atoms with Crippen molar-refractivity contribution >= 4 is 23.1 Å². The number of hydrogen-bond acceptors (Lipinski definition) is 6. The van der Waals surface area contributed by atoms with E-state index in [1.165, 1.54) is 0 Å². The van der Waals surface area contributed by atoms with Crippen molar-refractivity contribution in [3.05, 3.63) is 66.4 Å². The molecule has 28 heavy (non-hydrogen) atoms. The quantitative estimate of drug-likeness (QED) is 0.678. The number of hydrogen-bond donors (Lipinski definition) is 2. The van der Waals surface area contributed by atoms with Crippen molar-refractivity contribution in [2.24, 2.45) is 0 Å². The number of aromatic nitrogens is 1. The molecule has 2 aromatic carbocycles. The maximum atomic E-state index is 12.0. The molecule has 1 aliphatic rings. The zero-order chi connectivity index (χ0) is 19.3. The zero-order valence-corrected chi connectivity index (χ0v) is 15.3. The Labute approximate surface area is 162 Å². The van der Waals surface area contributed by atoms with Crippen molar-refractivity contribution < 1.29 is 19.0 Å². The largest absolute Gasteiger partial charge is 0.484 e. The molecule has 0 aliphatic carbocycles. The molecule has 1 aliphatic heterocycles. The molecule has 0 saturated heterocycles. The van der Waals surface area contributed by atoms with Crippen molar-refractivity contribution in [3.8, 4) is 17.2 Å². The number of amides is 1. The molecule has 3 aromatic rings. The fourth-order valence-electron chi connectivity index (χ4n) is 2.65. The number of pyridine rings is 1. The van der Waals surface area contributed by atoms with Gasteiger partial charge in [-0.2, -0.15) is 0 Å². The van der Waals surface area contributed by atoms with Gasteiger partial charge < -0.3 is 24.8 Å². The third-order valence-electron chi connectivity index (χ3n) is 4.08. The Morgan fingerprint density at radius 2 is 1.82 bits per heavy atom. The summed E-state index contributed by atoms with van der Waals surface area (Å²) in [6, 6.07) is 16.7. The smallest absolute Gasteiger partial charge is 0.263 e. The summed E-state index contributed by atoms with van der Waals surface area (Å²) in [5.74, 6) is 2.26.